The van der Waals surface area contributed by atoms with Gasteiger partial charge in [-0.05, 0) is 12.8 Å². The van der Waals surface area contributed by atoms with Crippen molar-refractivity contribution in [1.82, 2.24) is 9.99 Å². The standard InChI is InChI=1S/C22H23N6/c1-27-15-16-28(2)20(27)21(13-14-21)22(18-11-7-4-8-12-18)25-23-19(24-26-22)17-9-5-3-6-10-17/h3-12,15-16,25H,13-14H2,1-2H3/q+1. The quantitative estimate of drug-likeness (QED) is 0.704. The van der Waals surface area contributed by atoms with Gasteiger partial charge in [-0.25, -0.2) is 9.13 Å². The van der Waals surface area contributed by atoms with Crippen LogP contribution >= 0.6 is 0 Å². The van der Waals surface area contributed by atoms with Crippen molar-refractivity contribution in [2.24, 2.45) is 29.4 Å². The first-order chi connectivity index (χ1) is 13.7. The second-order valence-corrected chi connectivity index (χ2v) is 7.62. The van der Waals surface area contributed by atoms with Crippen LogP contribution in [0.5, 0.6) is 0 Å². The van der Waals surface area contributed by atoms with Gasteiger partial charge in [0.2, 0.25) is 11.5 Å². The first-order valence-corrected chi connectivity index (χ1v) is 9.56. The number of hydrogen-bond donors (Lipinski definition) is 1. The fourth-order valence-electron chi connectivity index (χ4n) is 4.43. The molecule has 1 aromatic heterocycles. The Balaban J connectivity index is 1.64. The van der Waals surface area contributed by atoms with Crippen LogP contribution in [0.1, 0.15) is 29.8 Å². The van der Waals surface area contributed by atoms with Gasteiger partial charge in [-0.15, -0.1) is 5.11 Å². The highest BCUT2D eigenvalue weighted by Crippen LogP contribution is 2.60. The maximum Gasteiger partial charge on any atom is 0.267 e. The number of amidine groups is 1. The second-order valence-electron chi connectivity index (χ2n) is 7.62. The monoisotopic (exact) mass is 371 g/mol. The van der Waals surface area contributed by atoms with E-state index < -0.39 is 5.66 Å². The molecule has 2 aliphatic rings. The lowest BCUT2D eigenvalue weighted by Crippen LogP contribution is -2.54. The molecule has 1 N–H and O–H groups in total. The Kier molecular flexibility index (Phi) is 3.69. The number of nitrogens with zero attached hydrogens (tertiary/aromatic N) is 5. The molecule has 0 bridgehead atoms. The summed E-state index contributed by atoms with van der Waals surface area (Å²) in [5, 5.41) is 14.2. The minimum Gasteiger partial charge on any atom is -0.274 e. The summed E-state index contributed by atoms with van der Waals surface area (Å²) in [5.41, 5.74) is 4.55. The van der Waals surface area contributed by atoms with Crippen molar-refractivity contribution in [3.05, 3.63) is 90.0 Å². The topological polar surface area (TPSA) is 57.9 Å². The summed E-state index contributed by atoms with van der Waals surface area (Å²) < 4.78 is 4.37. The summed E-state index contributed by atoms with van der Waals surface area (Å²) in [6.45, 7) is 0. The van der Waals surface area contributed by atoms with Crippen molar-refractivity contribution in [1.29, 1.82) is 0 Å². The van der Waals surface area contributed by atoms with Crippen LogP contribution in [0.15, 0.2) is 88.4 Å². The van der Waals surface area contributed by atoms with Gasteiger partial charge in [-0.1, -0.05) is 60.7 Å². The molecule has 0 spiro atoms. The fraction of sp³-hybridized carbons (Fsp3) is 0.273. The molecule has 5 rings (SSSR count). The molecule has 140 valence electrons. The predicted molar refractivity (Wildman–Crippen MR) is 107 cm³/mol. The zero-order valence-electron chi connectivity index (χ0n) is 16.1. The van der Waals surface area contributed by atoms with Gasteiger partial charge < -0.3 is 0 Å². The van der Waals surface area contributed by atoms with Crippen LogP contribution in [-0.4, -0.2) is 10.4 Å². The van der Waals surface area contributed by atoms with E-state index in [2.05, 4.69) is 58.3 Å². The van der Waals surface area contributed by atoms with E-state index in [1.807, 2.05) is 48.5 Å². The molecule has 1 aliphatic heterocycles. The number of nitrogens with one attached hydrogen (secondary N) is 1. The number of benzene rings is 2. The molecule has 28 heavy (non-hydrogen) atoms. The number of hydrazone groups is 1. The normalized spacial score (nSPS) is 22.4. The molecule has 1 aliphatic carbocycles. The van der Waals surface area contributed by atoms with Crippen LogP contribution in [0.2, 0.25) is 0 Å². The van der Waals surface area contributed by atoms with Gasteiger partial charge in [-0.2, -0.15) is 10.2 Å². The highest BCUT2D eigenvalue weighted by Gasteiger charge is 2.69. The van der Waals surface area contributed by atoms with Crippen molar-refractivity contribution in [3.8, 4) is 0 Å². The first kappa shape index (κ1) is 16.9. The zero-order chi connectivity index (χ0) is 19.2. The lowest BCUT2D eigenvalue weighted by molar-refractivity contribution is -0.682. The smallest absolute Gasteiger partial charge is 0.267 e. The van der Waals surface area contributed by atoms with Gasteiger partial charge in [-0.3, -0.25) is 5.43 Å². The Bertz CT molecular complexity index is 1040. The van der Waals surface area contributed by atoms with Crippen LogP contribution in [0.25, 0.3) is 0 Å². The van der Waals surface area contributed by atoms with E-state index in [9.17, 15) is 0 Å². The third-order valence-electron chi connectivity index (χ3n) is 5.89. The Labute approximate surface area is 164 Å². The summed E-state index contributed by atoms with van der Waals surface area (Å²) in [5.74, 6) is 1.83. The second kappa shape index (κ2) is 6.12. The maximum absolute atomic E-state index is 4.92. The number of azo groups is 1. The minimum absolute atomic E-state index is 0.198. The molecule has 6 nitrogen and oxygen atoms in total. The van der Waals surface area contributed by atoms with Crippen molar-refractivity contribution in [2.45, 2.75) is 23.9 Å². The molecular weight excluding hydrogens is 348 g/mol. The number of aryl methyl sites for hydroxylation is 2. The van der Waals surface area contributed by atoms with Gasteiger partial charge >= 0.3 is 0 Å². The molecule has 6 heteroatoms. The van der Waals surface area contributed by atoms with Crippen molar-refractivity contribution < 1.29 is 4.57 Å². The highest BCUT2D eigenvalue weighted by atomic mass is 15.5. The maximum atomic E-state index is 4.92. The Hall–Kier alpha value is -3.28. The Morgan fingerprint density at radius 2 is 1.68 bits per heavy atom. The third-order valence-corrected chi connectivity index (χ3v) is 5.89. The number of hydrogen-bond acceptors (Lipinski definition) is 4. The van der Waals surface area contributed by atoms with Gasteiger partial charge in [0.05, 0.1) is 14.1 Å². The molecular formula is C22H23N6+. The third kappa shape index (κ3) is 2.34. The molecule has 2 aromatic carbocycles. The van der Waals surface area contributed by atoms with E-state index in [0.717, 1.165) is 24.0 Å². The van der Waals surface area contributed by atoms with Crippen molar-refractivity contribution in [2.75, 3.05) is 0 Å². The largest absolute Gasteiger partial charge is 0.274 e. The molecule has 1 unspecified atom stereocenters. The number of imidazole rings is 1. The van der Waals surface area contributed by atoms with E-state index >= 15 is 0 Å². The van der Waals surface area contributed by atoms with E-state index in [4.69, 9.17) is 10.2 Å². The van der Waals surface area contributed by atoms with Crippen molar-refractivity contribution in [3.63, 3.8) is 0 Å². The summed E-state index contributed by atoms with van der Waals surface area (Å²) in [4.78, 5) is 0. The average molecular weight is 371 g/mol. The molecule has 2 heterocycles. The SMILES string of the molecule is Cn1cc[n+](C)c1C1(C2(c3ccccc3)N=NC(c3ccccc3)=NN2)CC1. The van der Waals surface area contributed by atoms with E-state index in [-0.39, 0.29) is 5.41 Å². The Morgan fingerprint density at radius 3 is 2.21 bits per heavy atom. The van der Waals surface area contributed by atoms with Crippen LogP contribution in [0.4, 0.5) is 0 Å². The summed E-state index contributed by atoms with van der Waals surface area (Å²) in [6, 6.07) is 20.3. The van der Waals surface area contributed by atoms with E-state index in [1.165, 1.54) is 5.82 Å². The lowest BCUT2D eigenvalue weighted by atomic mass is 9.82. The molecule has 0 radical (unpaired) electrons. The van der Waals surface area contributed by atoms with Gasteiger partial charge in [0.15, 0.2) is 0 Å². The van der Waals surface area contributed by atoms with Crippen LogP contribution in [-0.2, 0) is 25.2 Å². The van der Waals surface area contributed by atoms with E-state index in [1.54, 1.807) is 0 Å². The van der Waals surface area contributed by atoms with Crippen LogP contribution in [0, 0.1) is 0 Å². The average Bonchev–Trinajstić information content (AvgIpc) is 3.48. The van der Waals surface area contributed by atoms with Crippen LogP contribution < -0.4 is 9.99 Å². The van der Waals surface area contributed by atoms with Gasteiger partial charge in [0.25, 0.3) is 5.82 Å². The Morgan fingerprint density at radius 1 is 1.00 bits per heavy atom. The lowest BCUT2D eigenvalue weighted by Gasteiger charge is -2.36. The molecule has 1 fully saturated rings. The first-order valence-electron chi connectivity index (χ1n) is 9.56. The van der Waals surface area contributed by atoms with Crippen molar-refractivity contribution >= 4 is 5.84 Å². The minimum atomic E-state index is -0.726. The molecule has 0 saturated heterocycles. The molecule has 0 amide bonds. The van der Waals surface area contributed by atoms with Gasteiger partial charge in [0, 0.05) is 11.1 Å². The predicted octanol–water partition coefficient (Wildman–Crippen LogP) is 3.15. The van der Waals surface area contributed by atoms with Crippen LogP contribution in [0.3, 0.4) is 0 Å². The fourth-order valence-corrected chi connectivity index (χ4v) is 4.43. The van der Waals surface area contributed by atoms with E-state index in [0.29, 0.717) is 5.84 Å². The summed E-state index contributed by atoms with van der Waals surface area (Å²) >= 11 is 0. The number of aromatic nitrogens is 2. The molecule has 3 aromatic rings. The number of rotatable bonds is 4. The zero-order valence-corrected chi connectivity index (χ0v) is 16.1. The molecule has 1 saturated carbocycles. The highest BCUT2D eigenvalue weighted by molar-refractivity contribution is 5.99. The summed E-state index contributed by atoms with van der Waals surface area (Å²) in [6.07, 6.45) is 6.23. The van der Waals surface area contributed by atoms with Gasteiger partial charge in [0.1, 0.15) is 17.8 Å². The molecule has 1 atom stereocenters. The summed E-state index contributed by atoms with van der Waals surface area (Å²) in [7, 11) is 4.18.